The molecule has 0 spiro atoms. The Labute approximate surface area is 95.0 Å². The summed E-state index contributed by atoms with van der Waals surface area (Å²) in [5.74, 6) is 1.42. The van der Waals surface area contributed by atoms with E-state index in [2.05, 4.69) is 0 Å². The van der Waals surface area contributed by atoms with Crippen molar-refractivity contribution >= 4 is 0 Å². The number of aromatic hydroxyl groups is 1. The molecule has 16 heavy (non-hydrogen) atoms. The van der Waals surface area contributed by atoms with Crippen molar-refractivity contribution in [3.63, 3.8) is 0 Å². The maximum absolute atomic E-state index is 9.84. The van der Waals surface area contributed by atoms with Gasteiger partial charge in [0.2, 0.25) is 0 Å². The van der Waals surface area contributed by atoms with E-state index in [1.807, 2.05) is 0 Å². The second-order valence-electron chi connectivity index (χ2n) is 4.34. The highest BCUT2D eigenvalue weighted by Gasteiger charge is 2.39. The highest BCUT2D eigenvalue weighted by atomic mass is 16.5. The maximum Gasteiger partial charge on any atom is 0.167 e. The van der Waals surface area contributed by atoms with Crippen molar-refractivity contribution in [2.75, 3.05) is 14.2 Å². The van der Waals surface area contributed by atoms with Gasteiger partial charge in [-0.2, -0.15) is 0 Å². The van der Waals surface area contributed by atoms with Gasteiger partial charge in [0.05, 0.1) is 14.2 Å². The number of nitrogens with two attached hydrogens (primary N) is 1. The summed E-state index contributed by atoms with van der Waals surface area (Å²) < 4.78 is 10.5. The molecule has 1 aromatic rings. The van der Waals surface area contributed by atoms with Crippen LogP contribution in [-0.2, 0) is 6.42 Å². The lowest BCUT2D eigenvalue weighted by Crippen LogP contribution is -2.24. The zero-order chi connectivity index (χ0) is 11.8. The second kappa shape index (κ2) is 3.87. The predicted molar refractivity (Wildman–Crippen MR) is 61.1 cm³/mol. The summed E-state index contributed by atoms with van der Waals surface area (Å²) in [6, 6.07) is 3.30. The number of benzene rings is 1. The fraction of sp³-hybridized carbons (Fsp3) is 0.500. The standard InChI is InChI=1S/C12H17NO3/c1-15-10-4-3-9(14)8(11(10)16-2)7-12(13)5-6-12/h3-4,14H,5-7,13H2,1-2H3. The lowest BCUT2D eigenvalue weighted by molar-refractivity contribution is 0.345. The van der Waals surface area contributed by atoms with Crippen molar-refractivity contribution in [3.05, 3.63) is 17.7 Å². The number of rotatable bonds is 4. The highest BCUT2D eigenvalue weighted by Crippen LogP contribution is 2.43. The fourth-order valence-electron chi connectivity index (χ4n) is 1.84. The topological polar surface area (TPSA) is 64.7 Å². The number of ether oxygens (including phenoxy) is 2. The van der Waals surface area contributed by atoms with Gasteiger partial charge in [0.25, 0.3) is 0 Å². The average molecular weight is 223 g/mol. The molecule has 1 aliphatic rings. The summed E-state index contributed by atoms with van der Waals surface area (Å²) in [6.45, 7) is 0. The minimum Gasteiger partial charge on any atom is -0.508 e. The van der Waals surface area contributed by atoms with Crippen LogP contribution in [-0.4, -0.2) is 24.9 Å². The lowest BCUT2D eigenvalue weighted by Gasteiger charge is -2.16. The van der Waals surface area contributed by atoms with Crippen LogP contribution in [0.2, 0.25) is 0 Å². The van der Waals surface area contributed by atoms with Crippen LogP contribution in [0.3, 0.4) is 0 Å². The third kappa shape index (κ3) is 1.93. The van der Waals surface area contributed by atoms with E-state index in [1.165, 1.54) is 0 Å². The van der Waals surface area contributed by atoms with Gasteiger partial charge in [0.1, 0.15) is 5.75 Å². The SMILES string of the molecule is COc1ccc(O)c(CC2(N)CC2)c1OC. The molecule has 1 aliphatic carbocycles. The first kappa shape index (κ1) is 11.1. The second-order valence-corrected chi connectivity index (χ2v) is 4.34. The van der Waals surface area contributed by atoms with Gasteiger partial charge in [-0.1, -0.05) is 0 Å². The van der Waals surface area contributed by atoms with Gasteiger partial charge in [0, 0.05) is 11.1 Å². The Hall–Kier alpha value is -1.42. The zero-order valence-electron chi connectivity index (χ0n) is 9.62. The summed E-state index contributed by atoms with van der Waals surface area (Å²) in [5, 5.41) is 9.84. The van der Waals surface area contributed by atoms with E-state index in [0.29, 0.717) is 17.9 Å². The first-order chi connectivity index (χ1) is 7.59. The molecule has 3 N–H and O–H groups in total. The molecule has 0 unspecified atom stereocenters. The zero-order valence-corrected chi connectivity index (χ0v) is 9.62. The lowest BCUT2D eigenvalue weighted by atomic mass is 10.0. The minimum absolute atomic E-state index is 0.170. The van der Waals surface area contributed by atoms with Gasteiger partial charge in [-0.15, -0.1) is 0 Å². The average Bonchev–Trinajstić information content (AvgIpc) is 2.99. The van der Waals surface area contributed by atoms with Crippen molar-refractivity contribution in [2.24, 2.45) is 5.73 Å². The molecular weight excluding hydrogens is 206 g/mol. The van der Waals surface area contributed by atoms with Crippen molar-refractivity contribution in [3.8, 4) is 17.2 Å². The first-order valence-electron chi connectivity index (χ1n) is 5.31. The normalized spacial score (nSPS) is 16.9. The van der Waals surface area contributed by atoms with Gasteiger partial charge in [-0.3, -0.25) is 0 Å². The highest BCUT2D eigenvalue weighted by molar-refractivity contribution is 5.54. The van der Waals surface area contributed by atoms with Gasteiger partial charge in [-0.05, 0) is 31.4 Å². The quantitative estimate of drug-likeness (QED) is 0.810. The van der Waals surface area contributed by atoms with E-state index < -0.39 is 0 Å². The molecule has 2 rings (SSSR count). The maximum atomic E-state index is 9.84. The number of phenols is 1. The summed E-state index contributed by atoms with van der Waals surface area (Å²) in [5.41, 5.74) is 6.62. The summed E-state index contributed by atoms with van der Waals surface area (Å²) >= 11 is 0. The molecule has 0 radical (unpaired) electrons. The molecule has 0 bridgehead atoms. The van der Waals surface area contributed by atoms with Crippen LogP contribution in [0.25, 0.3) is 0 Å². The monoisotopic (exact) mass is 223 g/mol. The van der Waals surface area contributed by atoms with Gasteiger partial charge >= 0.3 is 0 Å². The molecular formula is C12H17NO3. The van der Waals surface area contributed by atoms with Crippen LogP contribution in [0.4, 0.5) is 0 Å². The third-order valence-electron chi connectivity index (χ3n) is 3.04. The minimum atomic E-state index is -0.170. The predicted octanol–water partition coefficient (Wildman–Crippen LogP) is 1.44. The third-order valence-corrected chi connectivity index (χ3v) is 3.04. The Morgan fingerprint density at radius 3 is 2.50 bits per heavy atom. The molecule has 1 fully saturated rings. The number of hydrogen-bond donors (Lipinski definition) is 2. The van der Waals surface area contributed by atoms with E-state index in [-0.39, 0.29) is 11.3 Å². The van der Waals surface area contributed by atoms with E-state index in [1.54, 1.807) is 26.4 Å². The molecule has 0 heterocycles. The fourth-order valence-corrected chi connectivity index (χ4v) is 1.84. The smallest absolute Gasteiger partial charge is 0.167 e. The van der Waals surface area contributed by atoms with E-state index in [0.717, 1.165) is 18.4 Å². The summed E-state index contributed by atoms with van der Waals surface area (Å²) in [4.78, 5) is 0. The summed E-state index contributed by atoms with van der Waals surface area (Å²) in [6.07, 6.45) is 2.61. The Kier molecular flexibility index (Phi) is 2.68. The molecule has 4 heteroatoms. The molecule has 0 aliphatic heterocycles. The molecule has 1 aromatic carbocycles. The first-order valence-corrected chi connectivity index (χ1v) is 5.31. The van der Waals surface area contributed by atoms with Gasteiger partial charge in [-0.25, -0.2) is 0 Å². The van der Waals surface area contributed by atoms with Crippen molar-refractivity contribution in [1.82, 2.24) is 0 Å². The van der Waals surface area contributed by atoms with Gasteiger partial charge in [0.15, 0.2) is 11.5 Å². The van der Waals surface area contributed by atoms with Crippen molar-refractivity contribution < 1.29 is 14.6 Å². The van der Waals surface area contributed by atoms with Crippen LogP contribution >= 0.6 is 0 Å². The number of methoxy groups -OCH3 is 2. The molecule has 0 atom stereocenters. The molecule has 88 valence electrons. The van der Waals surface area contributed by atoms with E-state index >= 15 is 0 Å². The summed E-state index contributed by atoms with van der Waals surface area (Å²) in [7, 11) is 3.14. The molecule has 0 saturated heterocycles. The van der Waals surface area contributed by atoms with Crippen LogP contribution in [0, 0.1) is 0 Å². The molecule has 1 saturated carbocycles. The Morgan fingerprint density at radius 2 is 2.00 bits per heavy atom. The van der Waals surface area contributed by atoms with Crippen LogP contribution < -0.4 is 15.2 Å². The van der Waals surface area contributed by atoms with Crippen LogP contribution in [0.1, 0.15) is 18.4 Å². The molecule has 0 amide bonds. The largest absolute Gasteiger partial charge is 0.508 e. The van der Waals surface area contributed by atoms with E-state index in [9.17, 15) is 5.11 Å². The van der Waals surface area contributed by atoms with Crippen molar-refractivity contribution in [2.45, 2.75) is 24.8 Å². The number of phenolic OH excluding ortho intramolecular Hbond substituents is 1. The van der Waals surface area contributed by atoms with Crippen molar-refractivity contribution in [1.29, 1.82) is 0 Å². The number of hydrogen-bond acceptors (Lipinski definition) is 4. The van der Waals surface area contributed by atoms with Gasteiger partial charge < -0.3 is 20.3 Å². The van der Waals surface area contributed by atoms with Crippen LogP contribution in [0.15, 0.2) is 12.1 Å². The molecule has 4 nitrogen and oxygen atoms in total. The Bertz CT molecular complexity index is 399. The Morgan fingerprint density at radius 1 is 1.31 bits per heavy atom. The van der Waals surface area contributed by atoms with E-state index in [4.69, 9.17) is 15.2 Å². The van der Waals surface area contributed by atoms with Crippen LogP contribution in [0.5, 0.6) is 17.2 Å². The molecule has 0 aromatic heterocycles. The Balaban J connectivity index is 2.39.